The van der Waals surface area contributed by atoms with Crippen molar-refractivity contribution in [1.82, 2.24) is 4.90 Å². The van der Waals surface area contributed by atoms with E-state index in [1.54, 1.807) is 0 Å². The van der Waals surface area contributed by atoms with Crippen LogP contribution in [0.1, 0.15) is 29.0 Å². The van der Waals surface area contributed by atoms with Crippen molar-refractivity contribution in [2.24, 2.45) is 0 Å². The largest absolute Gasteiger partial charge is 0.492 e. The van der Waals surface area contributed by atoms with E-state index in [0.29, 0.717) is 19.2 Å². The maximum absolute atomic E-state index is 12.3. The lowest BCUT2D eigenvalue weighted by molar-refractivity contribution is 0.0392. The Bertz CT molecular complexity index is 1070. The van der Waals surface area contributed by atoms with Crippen LogP contribution in [0.15, 0.2) is 84.9 Å². The molecule has 3 aromatic rings. The third-order valence-electron chi connectivity index (χ3n) is 6.39. The Morgan fingerprint density at radius 3 is 2.03 bits per heavy atom. The third kappa shape index (κ3) is 7.52. The van der Waals surface area contributed by atoms with Gasteiger partial charge in [-0.3, -0.25) is 0 Å². The van der Waals surface area contributed by atoms with Crippen molar-refractivity contribution < 1.29 is 19.5 Å². The Morgan fingerprint density at radius 1 is 0.886 bits per heavy atom. The topological polar surface area (TPSA) is 70.0 Å². The van der Waals surface area contributed by atoms with E-state index in [2.05, 4.69) is 4.90 Å². The molecule has 0 saturated carbocycles. The van der Waals surface area contributed by atoms with Crippen molar-refractivity contribution in [1.29, 1.82) is 0 Å². The smallest absolute Gasteiger partial charge is 0.121 e. The quantitative estimate of drug-likeness (QED) is 0.326. The van der Waals surface area contributed by atoms with Gasteiger partial charge in [0.25, 0.3) is 0 Å². The molecule has 6 heteroatoms. The summed E-state index contributed by atoms with van der Waals surface area (Å²) in [7, 11) is -0.00748. The maximum atomic E-state index is 12.3. The van der Waals surface area contributed by atoms with Gasteiger partial charge in [0.2, 0.25) is 0 Å². The Morgan fingerprint density at radius 2 is 1.46 bits per heavy atom. The lowest BCUT2D eigenvalue weighted by Gasteiger charge is -2.38. The molecule has 5 nitrogen and oxygen atoms in total. The van der Waals surface area contributed by atoms with Crippen LogP contribution in [0, 0.1) is 0 Å². The minimum absolute atomic E-state index is 0.0328. The average Bonchev–Trinajstić information content (AvgIpc) is 2.86. The van der Waals surface area contributed by atoms with Crippen LogP contribution in [0.25, 0.3) is 0 Å². The first kappa shape index (κ1) is 27.2. The number of rotatable bonds is 13. The van der Waals surface area contributed by atoms with Gasteiger partial charge in [0.15, 0.2) is 0 Å². The minimum atomic E-state index is -2.01. The highest BCUT2D eigenvalue weighted by Crippen LogP contribution is 2.44. The summed E-state index contributed by atoms with van der Waals surface area (Å²) in [6, 6.07) is 27.1. The second-order valence-electron chi connectivity index (χ2n) is 9.58. The van der Waals surface area contributed by atoms with Crippen molar-refractivity contribution >= 4 is 7.14 Å². The molecule has 3 aromatic carbocycles. The fourth-order valence-electron chi connectivity index (χ4n) is 4.34. The number of ether oxygens (including phenoxy) is 1. The molecule has 0 bridgehead atoms. The summed E-state index contributed by atoms with van der Waals surface area (Å²) in [4.78, 5) is 2.13. The first-order chi connectivity index (χ1) is 16.7. The van der Waals surface area contributed by atoms with Gasteiger partial charge in [0.05, 0.1) is 7.14 Å². The molecule has 0 spiro atoms. The van der Waals surface area contributed by atoms with Crippen LogP contribution >= 0.6 is 7.14 Å². The van der Waals surface area contributed by atoms with Crippen LogP contribution in [0.4, 0.5) is 0 Å². The van der Waals surface area contributed by atoms with Crippen LogP contribution < -0.4 is 4.74 Å². The monoisotopic (exact) mass is 495 g/mol. The molecule has 0 saturated heterocycles. The summed E-state index contributed by atoms with van der Waals surface area (Å²) in [6.07, 6.45) is 1.12. The lowest BCUT2D eigenvalue weighted by atomic mass is 9.71. The van der Waals surface area contributed by atoms with Gasteiger partial charge in [-0.2, -0.15) is 0 Å². The molecule has 0 aliphatic carbocycles. The number of hydrogen-bond acceptors (Lipinski definition) is 5. The zero-order chi connectivity index (χ0) is 25.3. The van der Waals surface area contributed by atoms with Crippen molar-refractivity contribution in [3.8, 4) is 5.75 Å². The second kappa shape index (κ2) is 12.5. The average molecular weight is 496 g/mol. The normalized spacial score (nSPS) is 14.5. The van der Waals surface area contributed by atoms with E-state index in [-0.39, 0.29) is 12.5 Å². The van der Waals surface area contributed by atoms with E-state index in [0.717, 1.165) is 35.5 Å². The highest BCUT2D eigenvalue weighted by atomic mass is 31.2. The summed E-state index contributed by atoms with van der Waals surface area (Å²) < 4.78 is 17.9. The summed E-state index contributed by atoms with van der Waals surface area (Å²) in [6.45, 7) is 5.64. The van der Waals surface area contributed by atoms with Crippen molar-refractivity contribution in [3.05, 3.63) is 102 Å². The van der Waals surface area contributed by atoms with Gasteiger partial charge in [-0.15, -0.1) is 0 Å². The van der Waals surface area contributed by atoms with Crippen LogP contribution in [0.3, 0.4) is 0 Å². The van der Waals surface area contributed by atoms with E-state index < -0.39 is 12.7 Å². The van der Waals surface area contributed by atoms with Crippen molar-refractivity contribution in [3.63, 3.8) is 0 Å². The number of nitrogens with zero attached hydrogens (tertiary/aromatic N) is 1. The Balaban J connectivity index is 1.80. The van der Waals surface area contributed by atoms with Gasteiger partial charge >= 0.3 is 0 Å². The number of likely N-dealkylation sites (N-methyl/N-ethyl adjacent to an activating group) is 1. The van der Waals surface area contributed by atoms with Gasteiger partial charge in [0, 0.05) is 31.8 Å². The fourth-order valence-corrected chi connectivity index (χ4v) is 5.16. The SMILES string of the molecule is CN(CCOc1ccc(C(O)(c2ccccc2)C(CCO)c2ccccc2)cc1)CCP(C)(C)=O. The lowest BCUT2D eigenvalue weighted by Crippen LogP contribution is -2.35. The highest BCUT2D eigenvalue weighted by Gasteiger charge is 2.40. The molecule has 0 aromatic heterocycles. The van der Waals surface area contributed by atoms with E-state index >= 15 is 0 Å². The predicted octanol–water partition coefficient (Wildman–Crippen LogP) is 5.02. The Hall–Kier alpha value is -2.43. The second-order valence-corrected chi connectivity index (χ2v) is 13.2. The van der Waals surface area contributed by atoms with Crippen LogP contribution in [-0.4, -0.2) is 68.0 Å². The highest BCUT2D eigenvalue weighted by molar-refractivity contribution is 7.62. The summed E-state index contributed by atoms with van der Waals surface area (Å²) >= 11 is 0. The number of aliphatic hydroxyl groups excluding tert-OH is 1. The molecule has 2 N–H and O–H groups in total. The molecule has 188 valence electrons. The van der Waals surface area contributed by atoms with Crippen molar-refractivity contribution in [2.45, 2.75) is 17.9 Å². The van der Waals surface area contributed by atoms with Gasteiger partial charge in [-0.05, 0) is 55.6 Å². The van der Waals surface area contributed by atoms with Gasteiger partial charge in [0.1, 0.15) is 18.0 Å². The zero-order valence-corrected chi connectivity index (χ0v) is 21.9. The Kier molecular flexibility index (Phi) is 9.71. The molecule has 0 amide bonds. The first-order valence-electron chi connectivity index (χ1n) is 12.1. The van der Waals surface area contributed by atoms with Crippen molar-refractivity contribution in [2.75, 3.05) is 52.8 Å². The molecule has 35 heavy (non-hydrogen) atoms. The molecule has 0 aliphatic rings. The predicted molar refractivity (Wildman–Crippen MR) is 144 cm³/mol. The molecule has 3 rings (SSSR count). The van der Waals surface area contributed by atoms with E-state index in [9.17, 15) is 14.8 Å². The summed E-state index contributed by atoms with van der Waals surface area (Å²) in [5.41, 5.74) is 1.18. The molecule has 0 aliphatic heterocycles. The number of benzene rings is 3. The molecular weight excluding hydrogens is 457 g/mol. The van der Waals surface area contributed by atoms with Gasteiger partial charge in [-0.1, -0.05) is 72.8 Å². The molecule has 0 heterocycles. The van der Waals surface area contributed by atoms with Gasteiger partial charge in [-0.25, -0.2) is 0 Å². The van der Waals surface area contributed by atoms with Crippen LogP contribution in [-0.2, 0) is 10.2 Å². The van der Waals surface area contributed by atoms with E-state index in [1.165, 1.54) is 0 Å². The maximum Gasteiger partial charge on any atom is 0.121 e. The summed E-state index contributed by atoms with van der Waals surface area (Å²) in [5, 5.41) is 22.2. The first-order valence-corrected chi connectivity index (χ1v) is 14.9. The van der Waals surface area contributed by atoms with Crippen LogP contribution in [0.5, 0.6) is 5.75 Å². The van der Waals surface area contributed by atoms with Crippen LogP contribution in [0.2, 0.25) is 0 Å². The fraction of sp³-hybridized carbons (Fsp3) is 0.379. The standard InChI is InChI=1S/C29H38NO4P/c1-30(20-23-35(2,3)33)19-22-34-27-16-14-26(15-17-27)29(32,25-12-8-5-9-13-25)28(18-21-31)24-10-6-4-7-11-24/h4-17,28,31-32H,18-23H2,1-3H3. The molecule has 0 radical (unpaired) electrons. The third-order valence-corrected chi connectivity index (χ3v) is 7.67. The molecular formula is C29H38NO4P. The molecule has 2 unspecified atom stereocenters. The van der Waals surface area contributed by atoms with E-state index in [4.69, 9.17) is 4.74 Å². The molecule has 0 fully saturated rings. The molecule has 2 atom stereocenters. The number of aliphatic hydroxyl groups is 2. The van der Waals surface area contributed by atoms with E-state index in [1.807, 2.05) is 105 Å². The number of hydrogen-bond donors (Lipinski definition) is 2. The summed E-state index contributed by atoms with van der Waals surface area (Å²) in [5.74, 6) is 0.400. The zero-order valence-electron chi connectivity index (χ0n) is 21.0. The Labute approximate surface area is 209 Å². The minimum Gasteiger partial charge on any atom is -0.492 e. The van der Waals surface area contributed by atoms with Gasteiger partial charge < -0.3 is 24.4 Å².